The Morgan fingerprint density at radius 1 is 1.24 bits per heavy atom. The lowest BCUT2D eigenvalue weighted by Crippen LogP contribution is -2.15. The predicted octanol–water partition coefficient (Wildman–Crippen LogP) is 0.765. The number of nitrogens with zero attached hydrogens (tertiary/aromatic N) is 5. The summed E-state index contributed by atoms with van der Waals surface area (Å²) < 4.78 is 3.70. The zero-order valence-corrected chi connectivity index (χ0v) is 11.3. The number of primary amides is 1. The van der Waals surface area contributed by atoms with E-state index >= 15 is 0 Å². The van der Waals surface area contributed by atoms with Crippen LogP contribution < -0.4 is 5.73 Å². The van der Waals surface area contributed by atoms with Crippen molar-refractivity contribution in [3.63, 3.8) is 0 Å². The van der Waals surface area contributed by atoms with Crippen molar-refractivity contribution in [1.29, 1.82) is 0 Å². The first-order valence-electron chi connectivity index (χ1n) is 6.54. The number of aryl methyl sites for hydroxylation is 1. The normalized spacial score (nSPS) is 12.2. The minimum Gasteiger partial charge on any atom is -0.364 e. The summed E-state index contributed by atoms with van der Waals surface area (Å²) >= 11 is 0. The number of fused-ring (bicyclic) bond motifs is 5. The summed E-state index contributed by atoms with van der Waals surface area (Å²) in [6.45, 7) is 1.90. The number of benzene rings is 1. The zero-order chi connectivity index (χ0) is 14.6. The molecule has 1 aliphatic heterocycles. The summed E-state index contributed by atoms with van der Waals surface area (Å²) in [5.74, 6) is -0.528. The molecule has 0 saturated carbocycles. The fraction of sp³-hybridized carbons (Fsp3) is 0.143. The Balaban J connectivity index is 2.10. The second-order valence-electron chi connectivity index (χ2n) is 4.97. The minimum absolute atomic E-state index is 0.291. The van der Waals surface area contributed by atoms with Crippen LogP contribution in [0.3, 0.4) is 0 Å². The average molecular weight is 280 g/mol. The van der Waals surface area contributed by atoms with Gasteiger partial charge in [-0.25, -0.2) is 9.67 Å². The molecular weight excluding hydrogens is 268 g/mol. The highest BCUT2D eigenvalue weighted by atomic mass is 16.1. The van der Waals surface area contributed by atoms with E-state index < -0.39 is 5.91 Å². The van der Waals surface area contributed by atoms with Gasteiger partial charge in [-0.3, -0.25) is 9.36 Å². The molecular formula is C14H12N6O. The molecule has 1 amide bonds. The molecule has 0 bridgehead atoms. The lowest BCUT2D eigenvalue weighted by atomic mass is 10.1. The van der Waals surface area contributed by atoms with Gasteiger partial charge < -0.3 is 5.73 Å². The van der Waals surface area contributed by atoms with Crippen molar-refractivity contribution in [2.45, 2.75) is 13.3 Å². The molecule has 0 unspecified atom stereocenters. The Bertz CT molecular complexity index is 875. The quantitative estimate of drug-likeness (QED) is 0.557. The van der Waals surface area contributed by atoms with Crippen LogP contribution in [0.1, 0.15) is 27.6 Å². The van der Waals surface area contributed by atoms with Crippen LogP contribution in [-0.2, 0) is 6.42 Å². The molecule has 21 heavy (non-hydrogen) atoms. The van der Waals surface area contributed by atoms with Crippen LogP contribution in [0.2, 0.25) is 0 Å². The smallest absolute Gasteiger partial charge is 0.269 e. The van der Waals surface area contributed by atoms with E-state index in [4.69, 9.17) is 5.73 Å². The standard InChI is InChI=1S/C14H12N6O/c1-8-11-6-12-13(14(15)21)16-7-19(12)9-4-2-3-5-10(9)20(11)18-17-8/h2-5,7H,6H2,1H3,(H2,15,21). The second kappa shape index (κ2) is 4.02. The third kappa shape index (κ3) is 1.54. The van der Waals surface area contributed by atoms with Crippen LogP contribution in [0.15, 0.2) is 30.6 Å². The Hall–Kier alpha value is -2.96. The number of hydrogen-bond donors (Lipinski definition) is 1. The first kappa shape index (κ1) is 11.8. The van der Waals surface area contributed by atoms with E-state index in [0.29, 0.717) is 12.1 Å². The minimum atomic E-state index is -0.528. The van der Waals surface area contributed by atoms with Crippen LogP contribution in [0.5, 0.6) is 0 Å². The molecule has 0 radical (unpaired) electrons. The summed E-state index contributed by atoms with van der Waals surface area (Å²) in [6, 6.07) is 7.79. The van der Waals surface area contributed by atoms with Crippen molar-refractivity contribution < 1.29 is 4.79 Å². The number of carbonyl (C=O) groups excluding carboxylic acids is 1. The fourth-order valence-electron chi connectivity index (χ4n) is 2.73. The van der Waals surface area contributed by atoms with Gasteiger partial charge in [0.1, 0.15) is 12.0 Å². The van der Waals surface area contributed by atoms with Crippen molar-refractivity contribution in [3.05, 3.63) is 53.4 Å². The number of para-hydroxylation sites is 2. The van der Waals surface area contributed by atoms with Gasteiger partial charge in [-0.05, 0) is 19.1 Å². The average Bonchev–Trinajstić information content (AvgIpc) is 3.01. The topological polar surface area (TPSA) is 91.6 Å². The number of aromatic nitrogens is 5. The van der Waals surface area contributed by atoms with Crippen LogP contribution in [0, 0.1) is 6.92 Å². The molecule has 0 atom stereocenters. The maximum Gasteiger partial charge on any atom is 0.269 e. The summed E-state index contributed by atoms with van der Waals surface area (Å²) in [5.41, 5.74) is 10.1. The SMILES string of the molecule is Cc1nnn2c1Cc1c(C(N)=O)ncn1-c1ccccc1-2. The van der Waals surface area contributed by atoms with E-state index in [1.54, 1.807) is 6.33 Å². The van der Waals surface area contributed by atoms with Gasteiger partial charge in [-0.2, -0.15) is 0 Å². The second-order valence-corrected chi connectivity index (χ2v) is 4.97. The number of imidazole rings is 1. The number of amides is 1. The van der Waals surface area contributed by atoms with E-state index in [0.717, 1.165) is 28.5 Å². The van der Waals surface area contributed by atoms with Gasteiger partial charge in [0.2, 0.25) is 0 Å². The highest BCUT2D eigenvalue weighted by Crippen LogP contribution is 2.29. The third-order valence-corrected chi connectivity index (χ3v) is 3.76. The molecule has 3 heterocycles. The highest BCUT2D eigenvalue weighted by Gasteiger charge is 2.26. The van der Waals surface area contributed by atoms with Gasteiger partial charge in [0.05, 0.1) is 28.5 Å². The Morgan fingerprint density at radius 3 is 2.76 bits per heavy atom. The maximum atomic E-state index is 11.6. The number of nitrogens with two attached hydrogens (primary N) is 1. The third-order valence-electron chi connectivity index (χ3n) is 3.76. The van der Waals surface area contributed by atoms with E-state index in [1.165, 1.54) is 0 Å². The van der Waals surface area contributed by atoms with Gasteiger partial charge in [0.15, 0.2) is 0 Å². The van der Waals surface area contributed by atoms with Gasteiger partial charge in [0, 0.05) is 6.42 Å². The first-order chi connectivity index (χ1) is 10.2. The van der Waals surface area contributed by atoms with Crippen molar-refractivity contribution in [1.82, 2.24) is 24.5 Å². The molecule has 4 rings (SSSR count). The van der Waals surface area contributed by atoms with Crippen LogP contribution in [0.25, 0.3) is 11.4 Å². The zero-order valence-electron chi connectivity index (χ0n) is 11.3. The maximum absolute atomic E-state index is 11.6. The van der Waals surface area contributed by atoms with Crippen LogP contribution in [0.4, 0.5) is 0 Å². The molecule has 1 aromatic carbocycles. The largest absolute Gasteiger partial charge is 0.364 e. The first-order valence-corrected chi connectivity index (χ1v) is 6.54. The summed E-state index contributed by atoms with van der Waals surface area (Å²) in [6.07, 6.45) is 2.13. The van der Waals surface area contributed by atoms with E-state index in [9.17, 15) is 4.79 Å². The van der Waals surface area contributed by atoms with Gasteiger partial charge in [0.25, 0.3) is 5.91 Å². The van der Waals surface area contributed by atoms with E-state index in [2.05, 4.69) is 15.3 Å². The summed E-state index contributed by atoms with van der Waals surface area (Å²) in [5, 5.41) is 8.35. The molecule has 7 heteroatoms. The highest BCUT2D eigenvalue weighted by molar-refractivity contribution is 5.92. The lowest BCUT2D eigenvalue weighted by molar-refractivity contribution is 0.0995. The van der Waals surface area contributed by atoms with Crippen molar-refractivity contribution >= 4 is 5.91 Å². The number of carbonyl (C=O) groups is 1. The van der Waals surface area contributed by atoms with Crippen molar-refractivity contribution in [2.75, 3.05) is 0 Å². The lowest BCUT2D eigenvalue weighted by Gasteiger charge is -2.08. The van der Waals surface area contributed by atoms with Gasteiger partial charge in [-0.1, -0.05) is 17.3 Å². The molecule has 0 spiro atoms. The summed E-state index contributed by atoms with van der Waals surface area (Å²) in [7, 11) is 0. The molecule has 0 saturated heterocycles. The predicted molar refractivity (Wildman–Crippen MR) is 74.5 cm³/mol. The van der Waals surface area contributed by atoms with Crippen molar-refractivity contribution in [2.24, 2.45) is 5.73 Å². The van der Waals surface area contributed by atoms with Crippen molar-refractivity contribution in [3.8, 4) is 11.4 Å². The van der Waals surface area contributed by atoms with Crippen LogP contribution in [-0.4, -0.2) is 30.5 Å². The summed E-state index contributed by atoms with van der Waals surface area (Å²) in [4.78, 5) is 15.8. The van der Waals surface area contributed by atoms with E-state index in [-0.39, 0.29) is 0 Å². The van der Waals surface area contributed by atoms with E-state index in [1.807, 2.05) is 40.4 Å². The monoisotopic (exact) mass is 280 g/mol. The molecule has 2 N–H and O–H groups in total. The number of rotatable bonds is 1. The molecule has 3 aromatic rings. The molecule has 7 nitrogen and oxygen atoms in total. The molecule has 1 aliphatic rings. The molecule has 0 fully saturated rings. The molecule has 2 aromatic heterocycles. The fourth-order valence-corrected chi connectivity index (χ4v) is 2.73. The molecule has 0 aliphatic carbocycles. The Kier molecular flexibility index (Phi) is 2.26. The number of hydrogen-bond acceptors (Lipinski definition) is 4. The Labute approximate surface area is 120 Å². The van der Waals surface area contributed by atoms with Gasteiger partial charge >= 0.3 is 0 Å². The van der Waals surface area contributed by atoms with Gasteiger partial charge in [-0.15, -0.1) is 5.10 Å². The van der Waals surface area contributed by atoms with Crippen LogP contribution >= 0.6 is 0 Å². The molecule has 104 valence electrons. The Morgan fingerprint density at radius 2 is 2.00 bits per heavy atom.